The molecule has 3 N–H and O–H groups in total. The number of hydrogen-bond donors (Lipinski definition) is 3. The molecule has 2 unspecified atom stereocenters. The normalized spacial score (nSPS) is 23.4. The lowest BCUT2D eigenvalue weighted by Gasteiger charge is -2.31. The Kier molecular flexibility index (Phi) is 7.25. The molecule has 5 nitrogen and oxygen atoms in total. The van der Waals surface area contributed by atoms with Crippen molar-refractivity contribution in [3.63, 3.8) is 0 Å². The lowest BCUT2D eigenvalue weighted by Crippen LogP contribution is -2.48. The van der Waals surface area contributed by atoms with Gasteiger partial charge < -0.3 is 15.7 Å². The summed E-state index contributed by atoms with van der Waals surface area (Å²) in [5, 5.41) is 18.0. The first kappa shape index (κ1) is 19.5. The third-order valence-electron chi connectivity index (χ3n) is 5.35. The number of nitrogens with zero attached hydrogens (tertiary/aromatic N) is 2. The van der Waals surface area contributed by atoms with Crippen molar-refractivity contribution in [3.05, 3.63) is 29.8 Å². The van der Waals surface area contributed by atoms with Gasteiger partial charge in [0.2, 0.25) is 0 Å². The summed E-state index contributed by atoms with van der Waals surface area (Å²) in [6, 6.07) is 8.57. The van der Waals surface area contributed by atoms with Crippen molar-refractivity contribution >= 4 is 23.0 Å². The first-order chi connectivity index (χ1) is 12.6. The van der Waals surface area contributed by atoms with Crippen molar-refractivity contribution in [1.82, 2.24) is 15.1 Å². The zero-order chi connectivity index (χ0) is 18.4. The van der Waals surface area contributed by atoms with Gasteiger partial charge >= 0.3 is 0 Å². The van der Waals surface area contributed by atoms with Crippen LogP contribution in [-0.4, -0.2) is 65.0 Å². The minimum atomic E-state index is -0.339. The van der Waals surface area contributed by atoms with Crippen LogP contribution in [-0.2, 0) is 0 Å². The van der Waals surface area contributed by atoms with Gasteiger partial charge in [0.1, 0.15) is 6.23 Å². The summed E-state index contributed by atoms with van der Waals surface area (Å²) in [6.45, 7) is 6.86. The molecule has 6 heteroatoms. The minimum absolute atomic E-state index is 0.327. The maximum Gasteiger partial charge on any atom is 0.171 e. The Morgan fingerprint density at radius 2 is 2.00 bits per heavy atom. The number of likely N-dealkylation sites (tertiary alicyclic amines) is 2. The van der Waals surface area contributed by atoms with E-state index in [9.17, 15) is 5.11 Å². The van der Waals surface area contributed by atoms with Gasteiger partial charge in [0.25, 0.3) is 0 Å². The van der Waals surface area contributed by atoms with Gasteiger partial charge in [-0.1, -0.05) is 18.6 Å². The van der Waals surface area contributed by atoms with E-state index in [-0.39, 0.29) is 6.23 Å². The van der Waals surface area contributed by atoms with Crippen LogP contribution < -0.4 is 10.6 Å². The number of β-amino-alcohol motifs (C(OH)–C–C–N with tert-alkyl or cyclic N) is 1. The molecule has 2 saturated heterocycles. The number of anilines is 1. The number of aryl methyl sites for hydroxylation is 1. The third-order valence-corrected chi connectivity index (χ3v) is 5.57. The van der Waals surface area contributed by atoms with Gasteiger partial charge in [-0.3, -0.25) is 9.80 Å². The molecular weight excluding hydrogens is 344 g/mol. The van der Waals surface area contributed by atoms with Gasteiger partial charge in [0.15, 0.2) is 5.11 Å². The van der Waals surface area contributed by atoms with Gasteiger partial charge in [-0.05, 0) is 69.1 Å². The Hall–Kier alpha value is -1.21. The molecule has 0 aliphatic carbocycles. The molecule has 0 aromatic heterocycles. The quantitative estimate of drug-likeness (QED) is 0.687. The third kappa shape index (κ3) is 5.91. The number of aliphatic hydroxyl groups excluding tert-OH is 1. The molecule has 144 valence electrons. The zero-order valence-corrected chi connectivity index (χ0v) is 16.6. The first-order valence-corrected chi connectivity index (χ1v) is 10.3. The topological polar surface area (TPSA) is 50.8 Å². The average molecular weight is 377 g/mol. The van der Waals surface area contributed by atoms with E-state index in [2.05, 4.69) is 39.5 Å². The van der Waals surface area contributed by atoms with Crippen molar-refractivity contribution in [2.75, 3.05) is 38.0 Å². The molecule has 0 saturated carbocycles. The van der Waals surface area contributed by atoms with Crippen molar-refractivity contribution in [1.29, 1.82) is 0 Å². The van der Waals surface area contributed by atoms with Crippen LogP contribution in [0.25, 0.3) is 0 Å². The van der Waals surface area contributed by atoms with E-state index < -0.39 is 0 Å². The molecule has 2 fully saturated rings. The number of thiocarbonyl (C=S) groups is 1. The summed E-state index contributed by atoms with van der Waals surface area (Å²) in [5.74, 6) is 0. The molecule has 3 rings (SSSR count). The molecule has 2 atom stereocenters. The van der Waals surface area contributed by atoms with E-state index in [0.29, 0.717) is 11.2 Å². The Morgan fingerprint density at radius 1 is 1.23 bits per heavy atom. The zero-order valence-electron chi connectivity index (χ0n) is 15.8. The second-order valence-corrected chi connectivity index (χ2v) is 8.05. The largest absolute Gasteiger partial charge is 0.377 e. The Labute approximate surface area is 162 Å². The lowest BCUT2D eigenvalue weighted by molar-refractivity contribution is -0.00772. The van der Waals surface area contributed by atoms with Gasteiger partial charge in [-0.25, -0.2) is 0 Å². The number of hydrogen-bond acceptors (Lipinski definition) is 4. The van der Waals surface area contributed by atoms with E-state index in [0.717, 1.165) is 44.8 Å². The fourth-order valence-electron chi connectivity index (χ4n) is 3.97. The van der Waals surface area contributed by atoms with Crippen molar-refractivity contribution in [2.24, 2.45) is 0 Å². The second-order valence-electron chi connectivity index (χ2n) is 7.64. The molecule has 0 spiro atoms. The van der Waals surface area contributed by atoms with Crippen molar-refractivity contribution < 1.29 is 5.11 Å². The van der Waals surface area contributed by atoms with Crippen LogP contribution in [0.15, 0.2) is 24.3 Å². The SMILES string of the molecule is Cc1cccc(NC(=S)NC2CCCCN(CC(O)N3CCCC3)C2)c1. The highest BCUT2D eigenvalue weighted by molar-refractivity contribution is 7.80. The predicted molar refractivity (Wildman–Crippen MR) is 111 cm³/mol. The molecular formula is C20H32N4OS. The van der Waals surface area contributed by atoms with E-state index >= 15 is 0 Å². The molecule has 2 heterocycles. The van der Waals surface area contributed by atoms with Crippen LogP contribution in [0, 0.1) is 6.92 Å². The van der Waals surface area contributed by atoms with Crippen molar-refractivity contribution in [2.45, 2.75) is 51.3 Å². The minimum Gasteiger partial charge on any atom is -0.377 e. The highest BCUT2D eigenvalue weighted by atomic mass is 32.1. The molecule has 26 heavy (non-hydrogen) atoms. The molecule has 0 bridgehead atoms. The number of nitrogens with one attached hydrogen (secondary N) is 2. The van der Waals surface area contributed by atoms with Crippen LogP contribution in [0.5, 0.6) is 0 Å². The van der Waals surface area contributed by atoms with Gasteiger partial charge in [-0.15, -0.1) is 0 Å². The standard InChI is InChI=1S/C20H32N4OS/c1-16-7-6-9-17(13-16)21-20(26)22-18-8-2-3-10-23(14-18)15-19(25)24-11-4-5-12-24/h6-7,9,13,18-19,25H,2-5,8,10-12,14-15H2,1H3,(H2,21,22,26). The highest BCUT2D eigenvalue weighted by Gasteiger charge is 2.25. The van der Waals surface area contributed by atoms with Crippen LogP contribution in [0.1, 0.15) is 37.7 Å². The van der Waals surface area contributed by atoms with Gasteiger partial charge in [0.05, 0.1) is 0 Å². The Morgan fingerprint density at radius 3 is 2.77 bits per heavy atom. The molecule has 0 amide bonds. The number of aliphatic hydroxyl groups is 1. The summed E-state index contributed by atoms with van der Waals surface area (Å²) in [7, 11) is 0. The fourth-order valence-corrected chi connectivity index (χ4v) is 4.25. The second kappa shape index (κ2) is 9.65. The summed E-state index contributed by atoms with van der Waals surface area (Å²) >= 11 is 5.52. The lowest BCUT2D eigenvalue weighted by atomic mass is 10.1. The smallest absolute Gasteiger partial charge is 0.171 e. The molecule has 0 radical (unpaired) electrons. The maximum atomic E-state index is 10.5. The highest BCUT2D eigenvalue weighted by Crippen LogP contribution is 2.15. The van der Waals surface area contributed by atoms with E-state index in [1.54, 1.807) is 0 Å². The Balaban J connectivity index is 1.49. The average Bonchev–Trinajstić information content (AvgIpc) is 3.05. The van der Waals surface area contributed by atoms with E-state index in [1.165, 1.54) is 31.2 Å². The van der Waals surface area contributed by atoms with E-state index in [1.807, 2.05) is 12.1 Å². The first-order valence-electron chi connectivity index (χ1n) is 9.89. The maximum absolute atomic E-state index is 10.5. The fraction of sp³-hybridized carbons (Fsp3) is 0.650. The summed E-state index contributed by atoms with van der Waals surface area (Å²) in [5.41, 5.74) is 2.24. The summed E-state index contributed by atoms with van der Waals surface area (Å²) in [6.07, 6.45) is 5.57. The van der Waals surface area contributed by atoms with Gasteiger partial charge in [-0.2, -0.15) is 0 Å². The summed E-state index contributed by atoms with van der Waals surface area (Å²) < 4.78 is 0. The predicted octanol–water partition coefficient (Wildman–Crippen LogP) is 2.55. The molecule has 2 aliphatic rings. The summed E-state index contributed by atoms with van der Waals surface area (Å²) in [4.78, 5) is 4.60. The monoisotopic (exact) mass is 376 g/mol. The molecule has 1 aromatic carbocycles. The van der Waals surface area contributed by atoms with Crippen LogP contribution in [0.2, 0.25) is 0 Å². The molecule has 1 aromatic rings. The molecule has 2 aliphatic heterocycles. The van der Waals surface area contributed by atoms with Crippen LogP contribution >= 0.6 is 12.2 Å². The number of rotatable bonds is 5. The van der Waals surface area contributed by atoms with Crippen molar-refractivity contribution in [3.8, 4) is 0 Å². The Bertz CT molecular complexity index is 591. The van der Waals surface area contributed by atoms with Gasteiger partial charge in [0, 0.05) is 37.9 Å². The van der Waals surface area contributed by atoms with Crippen LogP contribution in [0.3, 0.4) is 0 Å². The van der Waals surface area contributed by atoms with Crippen LogP contribution in [0.4, 0.5) is 5.69 Å². The van der Waals surface area contributed by atoms with E-state index in [4.69, 9.17) is 12.2 Å². The number of benzene rings is 1.